The smallest absolute Gasteiger partial charge is 0.234 e. The lowest BCUT2D eigenvalue weighted by atomic mass is 10.3. The number of nitrogens with zero attached hydrogens (tertiary/aromatic N) is 3. The molecule has 0 bridgehead atoms. The van der Waals surface area contributed by atoms with Crippen LogP contribution in [0.3, 0.4) is 0 Å². The van der Waals surface area contributed by atoms with Gasteiger partial charge in [0.2, 0.25) is 5.91 Å². The molecular formula is C19H16BrCl2FN4O2S. The van der Waals surface area contributed by atoms with E-state index in [0.29, 0.717) is 27.4 Å². The minimum Gasteiger partial charge on any atom is -0.481 e. The highest BCUT2D eigenvalue weighted by Crippen LogP contribution is 2.30. The Kier molecular flexibility index (Phi) is 7.62. The summed E-state index contributed by atoms with van der Waals surface area (Å²) in [5.41, 5.74) is 0.530. The molecule has 1 aromatic heterocycles. The Morgan fingerprint density at radius 2 is 2.03 bits per heavy atom. The molecule has 0 spiro atoms. The van der Waals surface area contributed by atoms with Crippen molar-refractivity contribution in [3.63, 3.8) is 0 Å². The van der Waals surface area contributed by atoms with Gasteiger partial charge in [0.25, 0.3) is 0 Å². The van der Waals surface area contributed by atoms with Gasteiger partial charge in [-0.1, -0.05) is 50.9 Å². The van der Waals surface area contributed by atoms with Gasteiger partial charge in [0.15, 0.2) is 17.1 Å². The normalized spacial score (nSPS) is 11.9. The number of amides is 1. The summed E-state index contributed by atoms with van der Waals surface area (Å²) in [7, 11) is 1.77. The van der Waals surface area contributed by atoms with E-state index in [2.05, 4.69) is 31.4 Å². The molecule has 3 rings (SSSR count). The summed E-state index contributed by atoms with van der Waals surface area (Å²) in [5, 5.41) is 12.2. The third kappa shape index (κ3) is 5.66. The van der Waals surface area contributed by atoms with Crippen LogP contribution in [0, 0.1) is 5.82 Å². The predicted molar refractivity (Wildman–Crippen MR) is 120 cm³/mol. The van der Waals surface area contributed by atoms with Crippen molar-refractivity contribution in [3.8, 4) is 5.75 Å². The number of thioether (sulfide) groups is 1. The van der Waals surface area contributed by atoms with E-state index in [0.717, 1.165) is 4.47 Å². The molecular weight excluding hydrogens is 518 g/mol. The molecule has 0 saturated carbocycles. The second kappa shape index (κ2) is 10.00. The van der Waals surface area contributed by atoms with Crippen LogP contribution >= 0.6 is 50.9 Å². The van der Waals surface area contributed by atoms with Gasteiger partial charge < -0.3 is 14.6 Å². The summed E-state index contributed by atoms with van der Waals surface area (Å²) in [6, 6.07) is 9.11. The molecule has 158 valence electrons. The monoisotopic (exact) mass is 532 g/mol. The molecule has 1 unspecified atom stereocenters. The first-order valence-electron chi connectivity index (χ1n) is 8.63. The summed E-state index contributed by atoms with van der Waals surface area (Å²) >= 11 is 16.7. The molecule has 1 atom stereocenters. The standard InChI is InChI=1S/C19H16BrCl2FN4O2S/c1-10(29-16-6-4-12(23)8-14(16)22)18-25-26-19(27(18)2)30-9-17(28)24-15-5-3-11(20)7-13(15)21/h3-8,10H,9H2,1-2H3,(H,24,28). The van der Waals surface area contributed by atoms with Gasteiger partial charge in [0.1, 0.15) is 11.6 Å². The van der Waals surface area contributed by atoms with Gasteiger partial charge in [-0.25, -0.2) is 4.39 Å². The van der Waals surface area contributed by atoms with Crippen molar-refractivity contribution in [2.24, 2.45) is 7.05 Å². The van der Waals surface area contributed by atoms with Crippen molar-refractivity contribution in [1.29, 1.82) is 0 Å². The number of hydrogen-bond donors (Lipinski definition) is 1. The van der Waals surface area contributed by atoms with Crippen molar-refractivity contribution in [3.05, 3.63) is 62.6 Å². The Bertz CT molecular complexity index is 1080. The van der Waals surface area contributed by atoms with E-state index in [1.54, 1.807) is 36.7 Å². The van der Waals surface area contributed by atoms with Crippen molar-refractivity contribution in [2.75, 3.05) is 11.1 Å². The van der Waals surface area contributed by atoms with Crippen molar-refractivity contribution < 1.29 is 13.9 Å². The summed E-state index contributed by atoms with van der Waals surface area (Å²) in [4.78, 5) is 12.3. The minimum atomic E-state index is -0.491. The van der Waals surface area contributed by atoms with E-state index in [1.807, 2.05) is 0 Å². The first-order valence-corrected chi connectivity index (χ1v) is 11.2. The van der Waals surface area contributed by atoms with Gasteiger partial charge in [-0.15, -0.1) is 10.2 Å². The molecule has 11 heteroatoms. The number of carbonyl (C=O) groups excluding carboxylic acids is 1. The first kappa shape index (κ1) is 22.9. The Morgan fingerprint density at radius 3 is 2.73 bits per heavy atom. The molecule has 0 saturated heterocycles. The summed E-state index contributed by atoms with van der Waals surface area (Å²) in [5.74, 6) is 0.330. The van der Waals surface area contributed by atoms with Crippen molar-refractivity contribution >= 4 is 62.5 Å². The fourth-order valence-electron chi connectivity index (χ4n) is 2.53. The van der Waals surface area contributed by atoms with E-state index in [-0.39, 0.29) is 16.7 Å². The summed E-state index contributed by atoms with van der Waals surface area (Å²) in [6.45, 7) is 1.78. The summed E-state index contributed by atoms with van der Waals surface area (Å²) in [6.07, 6.45) is -0.491. The largest absolute Gasteiger partial charge is 0.481 e. The molecule has 0 aliphatic heterocycles. The number of aromatic nitrogens is 3. The molecule has 0 aliphatic rings. The number of carbonyl (C=O) groups is 1. The number of nitrogens with one attached hydrogen (secondary N) is 1. The lowest BCUT2D eigenvalue weighted by Crippen LogP contribution is -2.15. The van der Waals surface area contributed by atoms with Crippen LogP contribution in [0.25, 0.3) is 0 Å². The number of hydrogen-bond acceptors (Lipinski definition) is 5. The Labute approximate surface area is 195 Å². The van der Waals surface area contributed by atoms with Crippen LogP contribution in [0.15, 0.2) is 46.0 Å². The molecule has 6 nitrogen and oxygen atoms in total. The van der Waals surface area contributed by atoms with Crippen LogP contribution in [0.5, 0.6) is 5.75 Å². The topological polar surface area (TPSA) is 69.0 Å². The molecule has 1 N–H and O–H groups in total. The fourth-order valence-corrected chi connectivity index (χ4v) is 4.18. The molecule has 0 fully saturated rings. The highest BCUT2D eigenvalue weighted by molar-refractivity contribution is 9.10. The SMILES string of the molecule is CC(Oc1ccc(F)cc1Cl)c1nnc(SCC(=O)Nc2ccc(Br)cc2Cl)n1C. The van der Waals surface area contributed by atoms with Crippen LogP contribution in [0.4, 0.5) is 10.1 Å². The summed E-state index contributed by atoms with van der Waals surface area (Å²) < 4.78 is 21.5. The first-order chi connectivity index (χ1) is 14.2. The van der Waals surface area contributed by atoms with E-state index >= 15 is 0 Å². The minimum absolute atomic E-state index is 0.122. The maximum absolute atomic E-state index is 13.2. The van der Waals surface area contributed by atoms with Gasteiger partial charge >= 0.3 is 0 Å². The number of benzene rings is 2. The predicted octanol–water partition coefficient (Wildman–Crippen LogP) is 5.89. The maximum atomic E-state index is 13.2. The third-order valence-electron chi connectivity index (χ3n) is 3.97. The second-order valence-corrected chi connectivity index (χ2v) is 8.87. The van der Waals surface area contributed by atoms with E-state index in [1.165, 1.54) is 30.0 Å². The zero-order chi connectivity index (χ0) is 21.8. The quantitative estimate of drug-likeness (QED) is 0.383. The Balaban J connectivity index is 1.61. The second-order valence-electron chi connectivity index (χ2n) is 6.20. The maximum Gasteiger partial charge on any atom is 0.234 e. The zero-order valence-electron chi connectivity index (χ0n) is 15.8. The molecule has 1 heterocycles. The van der Waals surface area contributed by atoms with Crippen LogP contribution in [-0.4, -0.2) is 26.4 Å². The van der Waals surface area contributed by atoms with Gasteiger partial charge in [-0.05, 0) is 43.3 Å². The lowest BCUT2D eigenvalue weighted by molar-refractivity contribution is -0.113. The Hall–Kier alpha value is -1.81. The van der Waals surface area contributed by atoms with Crippen LogP contribution in [-0.2, 0) is 11.8 Å². The molecule has 30 heavy (non-hydrogen) atoms. The molecule has 0 aliphatic carbocycles. The van der Waals surface area contributed by atoms with E-state index in [9.17, 15) is 9.18 Å². The van der Waals surface area contributed by atoms with Gasteiger partial charge in [-0.3, -0.25) is 4.79 Å². The molecule has 2 aromatic carbocycles. The number of ether oxygens (including phenoxy) is 1. The Morgan fingerprint density at radius 1 is 1.27 bits per heavy atom. The van der Waals surface area contributed by atoms with Crippen LogP contribution in [0.1, 0.15) is 18.9 Å². The average molecular weight is 534 g/mol. The molecule has 1 amide bonds. The number of anilines is 1. The lowest BCUT2D eigenvalue weighted by Gasteiger charge is -2.15. The van der Waals surface area contributed by atoms with E-state index in [4.69, 9.17) is 27.9 Å². The third-order valence-corrected chi connectivity index (χ3v) is 6.09. The average Bonchev–Trinajstić information content (AvgIpc) is 3.05. The van der Waals surface area contributed by atoms with Crippen LogP contribution in [0.2, 0.25) is 10.0 Å². The van der Waals surface area contributed by atoms with E-state index < -0.39 is 11.9 Å². The van der Waals surface area contributed by atoms with Gasteiger partial charge in [0, 0.05) is 11.5 Å². The van der Waals surface area contributed by atoms with Crippen molar-refractivity contribution in [1.82, 2.24) is 14.8 Å². The fraction of sp³-hybridized carbons (Fsp3) is 0.211. The highest BCUT2D eigenvalue weighted by Gasteiger charge is 2.19. The molecule has 3 aromatic rings. The van der Waals surface area contributed by atoms with Gasteiger partial charge in [0.05, 0.1) is 21.5 Å². The highest BCUT2D eigenvalue weighted by atomic mass is 79.9. The van der Waals surface area contributed by atoms with Crippen LogP contribution < -0.4 is 10.1 Å². The van der Waals surface area contributed by atoms with Gasteiger partial charge in [-0.2, -0.15) is 0 Å². The molecule has 0 radical (unpaired) electrons. The number of rotatable bonds is 7. The zero-order valence-corrected chi connectivity index (χ0v) is 19.7. The number of halogens is 4. The van der Waals surface area contributed by atoms with Crippen molar-refractivity contribution in [2.45, 2.75) is 18.2 Å².